The first kappa shape index (κ1) is 13.9. The van der Waals surface area contributed by atoms with Gasteiger partial charge in [0.2, 0.25) is 5.71 Å². The van der Waals surface area contributed by atoms with Crippen LogP contribution < -0.4 is 11.2 Å². The Morgan fingerprint density at radius 2 is 2.21 bits per heavy atom. The van der Waals surface area contributed by atoms with E-state index in [9.17, 15) is 9.18 Å². The molecule has 8 nitrogen and oxygen atoms in total. The van der Waals surface area contributed by atoms with Gasteiger partial charge in [0.25, 0.3) is 0 Å². The Bertz CT molecular complexity index is 620. The molecule has 0 radical (unpaired) electrons. The van der Waals surface area contributed by atoms with E-state index >= 15 is 0 Å². The molecule has 0 aliphatic rings. The molecule has 0 spiro atoms. The van der Waals surface area contributed by atoms with Crippen molar-refractivity contribution in [3.05, 3.63) is 23.5 Å². The number of phenolic OH excluding ortho intramolecular Hbond substituents is 1. The van der Waals surface area contributed by atoms with Crippen LogP contribution in [-0.2, 0) is 0 Å². The highest BCUT2D eigenvalue weighted by atomic mass is 19.1. The van der Waals surface area contributed by atoms with Crippen molar-refractivity contribution in [1.82, 2.24) is 0 Å². The van der Waals surface area contributed by atoms with E-state index in [0.29, 0.717) is 12.1 Å². The zero-order valence-electron chi connectivity index (χ0n) is 9.31. The minimum atomic E-state index is -1.44. The van der Waals surface area contributed by atoms with Crippen LogP contribution in [0.2, 0.25) is 0 Å². The van der Waals surface area contributed by atoms with Crippen molar-refractivity contribution >= 4 is 23.2 Å². The van der Waals surface area contributed by atoms with Gasteiger partial charge in [-0.1, -0.05) is 0 Å². The number of amidine groups is 1. The topological polar surface area (TPSA) is 156 Å². The number of nitrogens with two attached hydrogens (primary N) is 1. The molecule has 0 aliphatic heterocycles. The average molecular weight is 265 g/mol. The molecule has 0 atom stereocenters. The summed E-state index contributed by atoms with van der Waals surface area (Å²) in [5, 5.41) is 36.9. The number of aromatic carboxylic acids is 1. The molecule has 98 valence electrons. The van der Waals surface area contributed by atoms with E-state index in [-0.39, 0.29) is 5.69 Å². The SMILES string of the molecule is N#C/C(=N\Nc1cc(F)c(O)cc1C(=O)O)C(=N)N. The normalized spacial score (nSPS) is 10.6. The number of nitriles is 1. The van der Waals surface area contributed by atoms with Crippen LogP contribution in [0.5, 0.6) is 5.75 Å². The van der Waals surface area contributed by atoms with Crippen LogP contribution in [-0.4, -0.2) is 27.7 Å². The Hall–Kier alpha value is -3.15. The van der Waals surface area contributed by atoms with Gasteiger partial charge in [0.1, 0.15) is 6.07 Å². The van der Waals surface area contributed by atoms with Gasteiger partial charge in [0.15, 0.2) is 17.4 Å². The van der Waals surface area contributed by atoms with Crippen molar-refractivity contribution < 1.29 is 19.4 Å². The summed E-state index contributed by atoms with van der Waals surface area (Å²) in [6.45, 7) is 0. The van der Waals surface area contributed by atoms with E-state index in [1.165, 1.54) is 6.07 Å². The molecule has 19 heavy (non-hydrogen) atoms. The van der Waals surface area contributed by atoms with E-state index in [1.54, 1.807) is 0 Å². The molecule has 9 heteroatoms. The van der Waals surface area contributed by atoms with Crippen molar-refractivity contribution in [2.24, 2.45) is 10.8 Å². The van der Waals surface area contributed by atoms with E-state index in [4.69, 9.17) is 26.6 Å². The number of phenols is 1. The highest BCUT2D eigenvalue weighted by molar-refractivity contribution is 6.45. The number of benzene rings is 1. The van der Waals surface area contributed by atoms with Crippen molar-refractivity contribution in [2.45, 2.75) is 0 Å². The van der Waals surface area contributed by atoms with E-state index < -0.39 is 34.6 Å². The number of carboxylic acid groups (broad SMARTS) is 1. The second-order valence-corrected chi connectivity index (χ2v) is 3.25. The largest absolute Gasteiger partial charge is 0.505 e. The molecule has 1 aromatic rings. The van der Waals surface area contributed by atoms with Crippen LogP contribution in [0.1, 0.15) is 10.4 Å². The maximum absolute atomic E-state index is 13.1. The van der Waals surface area contributed by atoms with Gasteiger partial charge in [-0.3, -0.25) is 10.8 Å². The molecule has 0 amide bonds. The zero-order valence-corrected chi connectivity index (χ0v) is 9.31. The van der Waals surface area contributed by atoms with Gasteiger partial charge in [-0.05, 0) is 6.07 Å². The molecule has 1 aromatic carbocycles. The first-order chi connectivity index (χ1) is 8.86. The van der Waals surface area contributed by atoms with E-state index in [1.807, 2.05) is 0 Å². The molecular formula is C10H8FN5O3. The maximum Gasteiger partial charge on any atom is 0.338 e. The lowest BCUT2D eigenvalue weighted by Gasteiger charge is -2.07. The highest BCUT2D eigenvalue weighted by Gasteiger charge is 2.15. The fourth-order valence-corrected chi connectivity index (χ4v) is 1.09. The number of hydrogen-bond donors (Lipinski definition) is 5. The van der Waals surface area contributed by atoms with Crippen LogP contribution in [0, 0.1) is 22.6 Å². The number of halogens is 1. The van der Waals surface area contributed by atoms with Gasteiger partial charge in [-0.2, -0.15) is 10.4 Å². The fraction of sp³-hybridized carbons (Fsp3) is 0. The minimum Gasteiger partial charge on any atom is -0.505 e. The molecule has 0 unspecified atom stereocenters. The quantitative estimate of drug-likeness (QED) is 0.230. The molecule has 0 heterocycles. The molecule has 6 N–H and O–H groups in total. The number of hydrazone groups is 1. The van der Waals surface area contributed by atoms with Crippen molar-refractivity contribution in [3.63, 3.8) is 0 Å². The standard InChI is InChI=1S/C10H8FN5O3/c11-5-2-6(4(10(18)19)1-8(5)17)15-16-7(3-12)9(13)14/h1-2,15,17H,(H3,13,14)(H,18,19)/b16-7+. The lowest BCUT2D eigenvalue weighted by molar-refractivity contribution is 0.0697. The Morgan fingerprint density at radius 1 is 1.58 bits per heavy atom. The van der Waals surface area contributed by atoms with Gasteiger partial charge in [-0.15, -0.1) is 0 Å². The van der Waals surface area contributed by atoms with Gasteiger partial charge >= 0.3 is 5.97 Å². The fourth-order valence-electron chi connectivity index (χ4n) is 1.09. The predicted molar refractivity (Wildman–Crippen MR) is 63.6 cm³/mol. The van der Waals surface area contributed by atoms with Crippen LogP contribution in [0.15, 0.2) is 17.2 Å². The second kappa shape index (κ2) is 5.46. The molecule has 1 rings (SSSR count). The number of anilines is 1. The maximum atomic E-state index is 13.1. The molecule has 0 aromatic heterocycles. The number of nitrogens with zero attached hydrogens (tertiary/aromatic N) is 2. The molecule has 0 aliphatic carbocycles. The van der Waals surface area contributed by atoms with E-state index in [0.717, 1.165) is 0 Å². The van der Waals surface area contributed by atoms with Crippen LogP contribution in [0.25, 0.3) is 0 Å². The zero-order chi connectivity index (χ0) is 14.6. The Kier molecular flexibility index (Phi) is 4.00. The average Bonchev–Trinajstić information content (AvgIpc) is 2.33. The summed E-state index contributed by atoms with van der Waals surface area (Å²) in [5.41, 5.74) is 5.89. The first-order valence-corrected chi connectivity index (χ1v) is 4.70. The Balaban J connectivity index is 3.21. The van der Waals surface area contributed by atoms with Gasteiger partial charge < -0.3 is 15.9 Å². The summed E-state index contributed by atoms with van der Waals surface area (Å²) < 4.78 is 13.1. The number of carboxylic acids is 1. The predicted octanol–water partition coefficient (Wildman–Crippen LogP) is 0.457. The second-order valence-electron chi connectivity index (χ2n) is 3.25. The van der Waals surface area contributed by atoms with Gasteiger partial charge in [0.05, 0.1) is 11.3 Å². The molecule has 0 saturated carbocycles. The summed E-state index contributed by atoms with van der Waals surface area (Å²) >= 11 is 0. The molecule has 0 saturated heterocycles. The minimum absolute atomic E-state index is 0.295. The first-order valence-electron chi connectivity index (χ1n) is 4.70. The van der Waals surface area contributed by atoms with Gasteiger partial charge in [0, 0.05) is 6.07 Å². The Morgan fingerprint density at radius 3 is 2.68 bits per heavy atom. The molecule has 0 fully saturated rings. The third-order valence-corrected chi connectivity index (χ3v) is 1.97. The number of rotatable bonds is 4. The third-order valence-electron chi connectivity index (χ3n) is 1.97. The third kappa shape index (κ3) is 3.16. The lowest BCUT2D eigenvalue weighted by Crippen LogP contribution is -2.22. The van der Waals surface area contributed by atoms with Gasteiger partial charge in [-0.25, -0.2) is 9.18 Å². The number of aromatic hydroxyl groups is 1. The van der Waals surface area contributed by atoms with Crippen molar-refractivity contribution in [3.8, 4) is 11.8 Å². The summed E-state index contributed by atoms with van der Waals surface area (Å²) in [6.07, 6.45) is 0. The molecule has 0 bridgehead atoms. The lowest BCUT2D eigenvalue weighted by atomic mass is 10.1. The van der Waals surface area contributed by atoms with Crippen LogP contribution >= 0.6 is 0 Å². The summed E-state index contributed by atoms with van der Waals surface area (Å²) in [7, 11) is 0. The summed E-state index contributed by atoms with van der Waals surface area (Å²) in [6, 6.07) is 2.88. The number of nitrogens with one attached hydrogen (secondary N) is 2. The number of carbonyl (C=O) groups is 1. The van der Waals surface area contributed by atoms with Crippen molar-refractivity contribution in [2.75, 3.05) is 5.43 Å². The summed E-state index contributed by atoms with van der Waals surface area (Å²) in [5.74, 6) is -3.97. The summed E-state index contributed by atoms with van der Waals surface area (Å²) in [4.78, 5) is 10.9. The number of hydrogen-bond acceptors (Lipinski definition) is 6. The smallest absolute Gasteiger partial charge is 0.338 e. The monoisotopic (exact) mass is 265 g/mol. The van der Waals surface area contributed by atoms with Crippen molar-refractivity contribution in [1.29, 1.82) is 10.7 Å². The Labute approximate surface area is 106 Å². The molecular weight excluding hydrogens is 257 g/mol. The van der Waals surface area contributed by atoms with E-state index in [2.05, 4.69) is 10.5 Å². The van der Waals surface area contributed by atoms with Crippen LogP contribution in [0.4, 0.5) is 10.1 Å². The highest BCUT2D eigenvalue weighted by Crippen LogP contribution is 2.25. The van der Waals surface area contributed by atoms with Crippen LogP contribution in [0.3, 0.4) is 0 Å².